The van der Waals surface area contributed by atoms with E-state index in [1.165, 1.54) is 42.5 Å². The molecule has 2 aromatic rings. The molecule has 0 N–H and O–H groups in total. The van der Waals surface area contributed by atoms with Crippen LogP contribution in [-0.2, 0) is 9.47 Å². The fourth-order valence-electron chi connectivity index (χ4n) is 6.82. The highest BCUT2D eigenvalue weighted by molar-refractivity contribution is 7.39. The summed E-state index contributed by atoms with van der Waals surface area (Å²) in [5, 5.41) is 2.70. The van der Waals surface area contributed by atoms with Gasteiger partial charge in [-0.15, -0.1) is 4.42 Å². The van der Waals surface area contributed by atoms with Crippen molar-refractivity contribution in [2.75, 3.05) is 13.2 Å². The Morgan fingerprint density at radius 3 is 1.57 bits per heavy atom. The molecule has 190 valence electrons. The normalized spacial score (nSPS) is 25.9. The third kappa shape index (κ3) is 5.68. The molecule has 0 aromatic heterocycles. The zero-order chi connectivity index (χ0) is 25.2. The molecule has 0 radical (unpaired) electrons. The molecular formula is C29H46O2Si4. The Kier molecular flexibility index (Phi) is 8.40. The minimum absolute atomic E-state index is 0.0478. The quantitative estimate of drug-likeness (QED) is 0.473. The van der Waals surface area contributed by atoms with Crippen molar-refractivity contribution < 1.29 is 9.47 Å². The summed E-state index contributed by atoms with van der Waals surface area (Å²) < 4.78 is 16.5. The first-order valence-corrected chi connectivity index (χ1v) is 23.6. The minimum Gasteiger partial charge on any atom is -0.375 e. The second kappa shape index (κ2) is 10.8. The summed E-state index contributed by atoms with van der Waals surface area (Å²) in [6.45, 7) is 17.3. The van der Waals surface area contributed by atoms with Crippen LogP contribution in [0.2, 0.25) is 39.3 Å². The molecular weight excluding hydrogens is 493 g/mol. The third-order valence-corrected chi connectivity index (χ3v) is 27.9. The van der Waals surface area contributed by atoms with Gasteiger partial charge in [0.15, 0.2) is 0 Å². The van der Waals surface area contributed by atoms with Crippen molar-refractivity contribution in [1.82, 2.24) is 0 Å². The van der Waals surface area contributed by atoms with Crippen molar-refractivity contribution in [1.29, 1.82) is 0 Å². The van der Waals surface area contributed by atoms with Gasteiger partial charge in [0, 0.05) is 22.3 Å². The predicted octanol–water partition coefficient (Wildman–Crippen LogP) is 4.77. The van der Waals surface area contributed by atoms with E-state index in [4.69, 9.17) is 9.47 Å². The number of ether oxygens (including phenoxy) is 2. The van der Waals surface area contributed by atoms with Gasteiger partial charge in [-0.25, -0.2) is 0 Å². The van der Waals surface area contributed by atoms with Crippen LogP contribution in [-0.4, -0.2) is 62.2 Å². The van der Waals surface area contributed by atoms with Gasteiger partial charge >= 0.3 is 0 Å². The Bertz CT molecular complexity index is 925. The van der Waals surface area contributed by atoms with E-state index in [0.29, 0.717) is 0 Å². The zero-order valence-electron chi connectivity index (χ0n) is 22.9. The summed E-state index contributed by atoms with van der Waals surface area (Å²) in [5.41, 5.74) is 0. The fraction of sp³-hybridized carbons (Fsp3) is 0.552. The lowest BCUT2D eigenvalue weighted by Gasteiger charge is -2.56. The van der Waals surface area contributed by atoms with Crippen LogP contribution in [0.15, 0.2) is 60.7 Å². The van der Waals surface area contributed by atoms with Crippen molar-refractivity contribution >= 4 is 48.9 Å². The Morgan fingerprint density at radius 2 is 1.17 bits per heavy atom. The van der Waals surface area contributed by atoms with Crippen molar-refractivity contribution in [2.45, 2.75) is 88.3 Å². The number of benzene rings is 2. The van der Waals surface area contributed by atoms with Gasteiger partial charge in [-0.3, -0.25) is 0 Å². The molecule has 35 heavy (non-hydrogen) atoms. The van der Waals surface area contributed by atoms with E-state index in [1.54, 1.807) is 0 Å². The molecule has 4 rings (SSSR count). The lowest BCUT2D eigenvalue weighted by molar-refractivity contribution is -0.160. The number of rotatable bonds is 7. The van der Waals surface area contributed by atoms with Crippen LogP contribution in [0.3, 0.4) is 0 Å². The van der Waals surface area contributed by atoms with Gasteiger partial charge in [0.25, 0.3) is 0 Å². The van der Waals surface area contributed by atoms with Crippen LogP contribution in [0.1, 0.15) is 38.5 Å². The van der Waals surface area contributed by atoms with Gasteiger partial charge in [-0.05, 0) is 38.5 Å². The van der Waals surface area contributed by atoms with Crippen molar-refractivity contribution in [3.8, 4) is 0 Å². The van der Waals surface area contributed by atoms with Crippen LogP contribution in [0.5, 0.6) is 0 Å². The highest BCUT2D eigenvalue weighted by atomic mass is 28.4. The molecule has 0 amide bonds. The van der Waals surface area contributed by atoms with Crippen molar-refractivity contribution in [3.63, 3.8) is 0 Å². The first-order chi connectivity index (χ1) is 16.6. The lowest BCUT2D eigenvalue weighted by Crippen LogP contribution is -2.76. The maximum Gasteiger partial charge on any atom is 0.142 e. The average molecular weight is 539 g/mol. The van der Waals surface area contributed by atoms with E-state index in [9.17, 15) is 0 Å². The summed E-state index contributed by atoms with van der Waals surface area (Å²) in [4.78, 5) is 0. The van der Waals surface area contributed by atoms with E-state index in [-0.39, 0.29) is 19.6 Å². The molecule has 2 aromatic carbocycles. The monoisotopic (exact) mass is 538 g/mol. The van der Waals surface area contributed by atoms with Gasteiger partial charge < -0.3 is 9.47 Å². The topological polar surface area (TPSA) is 18.5 Å². The lowest BCUT2D eigenvalue weighted by atomic mass is 9.96. The molecule has 2 saturated heterocycles. The Labute approximate surface area is 219 Å². The summed E-state index contributed by atoms with van der Waals surface area (Å²) in [6, 6.07) is 22.8. The van der Waals surface area contributed by atoms with Gasteiger partial charge in [0.2, 0.25) is 0 Å². The van der Waals surface area contributed by atoms with Crippen LogP contribution in [0, 0.1) is 0 Å². The SMILES string of the molecule is C[Si](C)(C)C(=[SiH]C1(C2([SiH](c3ccccc3)c3ccccc3)CCCCO2)CCCCO1)[Si](C)(C)C. The van der Waals surface area contributed by atoms with Gasteiger partial charge in [0.1, 0.15) is 8.80 Å². The molecule has 0 saturated carbocycles. The van der Waals surface area contributed by atoms with E-state index < -0.39 is 24.9 Å². The van der Waals surface area contributed by atoms with E-state index in [0.717, 1.165) is 19.6 Å². The molecule has 2 atom stereocenters. The van der Waals surface area contributed by atoms with Gasteiger partial charge in [-0.1, -0.05) is 110 Å². The van der Waals surface area contributed by atoms with Crippen LogP contribution in [0.25, 0.3) is 0 Å². The molecule has 2 unspecified atom stereocenters. The van der Waals surface area contributed by atoms with Crippen molar-refractivity contribution in [3.05, 3.63) is 60.7 Å². The highest BCUT2D eigenvalue weighted by Gasteiger charge is 2.59. The van der Waals surface area contributed by atoms with Crippen LogP contribution in [0.4, 0.5) is 0 Å². The molecule has 0 aliphatic carbocycles. The second-order valence-electron chi connectivity index (χ2n) is 12.7. The molecule has 0 spiro atoms. The van der Waals surface area contributed by atoms with Crippen LogP contribution >= 0.6 is 0 Å². The molecule has 2 aliphatic rings. The Hall–Kier alpha value is -0.902. The van der Waals surface area contributed by atoms with Crippen molar-refractivity contribution in [2.24, 2.45) is 0 Å². The highest BCUT2D eigenvalue weighted by Crippen LogP contribution is 2.44. The van der Waals surface area contributed by atoms with Gasteiger partial charge in [-0.2, -0.15) is 0 Å². The third-order valence-electron chi connectivity index (χ3n) is 8.05. The number of hydrogen-bond acceptors (Lipinski definition) is 2. The summed E-state index contributed by atoms with van der Waals surface area (Å²) in [6.07, 6.45) is 7.21. The molecule has 2 fully saturated rings. The molecule has 0 bridgehead atoms. The maximum absolute atomic E-state index is 7.28. The molecule has 2 nitrogen and oxygen atoms in total. The van der Waals surface area contributed by atoms with E-state index >= 15 is 0 Å². The minimum atomic E-state index is -1.78. The van der Waals surface area contributed by atoms with E-state index in [2.05, 4.69) is 99.9 Å². The smallest absolute Gasteiger partial charge is 0.142 e. The summed E-state index contributed by atoms with van der Waals surface area (Å²) >= 11 is 0. The first kappa shape index (κ1) is 27.1. The summed E-state index contributed by atoms with van der Waals surface area (Å²) in [7, 11) is -4.63. The number of hydrogen-bond donors (Lipinski definition) is 0. The Balaban J connectivity index is 2.01. The first-order valence-electron chi connectivity index (χ1n) is 13.7. The fourth-order valence-corrected chi connectivity index (χ4v) is 27.1. The standard InChI is InChI=1S/C29H46O2Si4/c1-34(2,3)27(35(4,5)6)32-28(21-13-15-23-30-28)29(22-14-16-24-31-29)33(25-17-9-7-10-18-25)26-19-11-8-12-20-26/h7-12,17-20,32-33H,13-16,21-24H2,1-6H3. The zero-order valence-corrected chi connectivity index (χ0v) is 27.2. The summed E-state index contributed by atoms with van der Waals surface area (Å²) in [5.74, 6) is 0. The second-order valence-corrected chi connectivity index (χ2v) is 29.4. The largest absolute Gasteiger partial charge is 0.375 e. The maximum atomic E-state index is 7.28. The van der Waals surface area contributed by atoms with Crippen LogP contribution < -0.4 is 10.4 Å². The van der Waals surface area contributed by atoms with Gasteiger partial charge in [0.05, 0.1) is 26.6 Å². The average Bonchev–Trinajstić information content (AvgIpc) is 2.84. The molecule has 2 heterocycles. The van der Waals surface area contributed by atoms with E-state index in [1.807, 2.05) is 4.42 Å². The predicted molar refractivity (Wildman–Crippen MR) is 163 cm³/mol. The molecule has 2 aliphatic heterocycles. The molecule has 6 heteroatoms. The Morgan fingerprint density at radius 1 is 0.686 bits per heavy atom.